The quantitative estimate of drug-likeness (QED) is 0.825. The summed E-state index contributed by atoms with van der Waals surface area (Å²) in [5.41, 5.74) is 1.25. The van der Waals surface area contributed by atoms with Crippen molar-refractivity contribution >= 4 is 28.1 Å². The molecule has 4 heteroatoms. The summed E-state index contributed by atoms with van der Waals surface area (Å²) in [6.45, 7) is 2.08. The number of hydrogen-bond acceptors (Lipinski definition) is 2. The first-order chi connectivity index (χ1) is 6.22. The van der Waals surface area contributed by atoms with Crippen LogP contribution in [0, 0.1) is 4.64 Å². The SMILES string of the molecule is CCc1nc(=S)c(Br)c(C2CC2)[nH]1. The minimum Gasteiger partial charge on any atom is -0.346 e. The van der Waals surface area contributed by atoms with Gasteiger partial charge in [0.1, 0.15) is 10.5 Å². The molecule has 1 aliphatic rings. The average Bonchev–Trinajstić information content (AvgIpc) is 2.92. The molecule has 0 aromatic carbocycles. The van der Waals surface area contributed by atoms with Crippen LogP contribution in [0.1, 0.15) is 37.2 Å². The van der Waals surface area contributed by atoms with Crippen LogP contribution in [0.3, 0.4) is 0 Å². The van der Waals surface area contributed by atoms with E-state index in [9.17, 15) is 0 Å². The summed E-state index contributed by atoms with van der Waals surface area (Å²) < 4.78 is 1.68. The van der Waals surface area contributed by atoms with Crippen LogP contribution < -0.4 is 0 Å². The third-order valence-corrected chi connectivity index (χ3v) is 3.62. The molecule has 0 atom stereocenters. The lowest BCUT2D eigenvalue weighted by molar-refractivity contribution is 0.867. The molecule has 0 spiro atoms. The largest absolute Gasteiger partial charge is 0.346 e. The van der Waals surface area contributed by atoms with Crippen LogP contribution in [0.15, 0.2) is 4.47 Å². The number of halogens is 1. The molecule has 1 aromatic rings. The highest BCUT2D eigenvalue weighted by atomic mass is 79.9. The molecule has 0 unspecified atom stereocenters. The molecule has 0 bridgehead atoms. The third kappa shape index (κ3) is 1.83. The van der Waals surface area contributed by atoms with Gasteiger partial charge in [-0.25, -0.2) is 4.98 Å². The van der Waals surface area contributed by atoms with Crippen LogP contribution in [0.4, 0.5) is 0 Å². The van der Waals surface area contributed by atoms with Gasteiger partial charge in [-0.05, 0) is 28.8 Å². The molecule has 2 rings (SSSR count). The summed E-state index contributed by atoms with van der Waals surface area (Å²) in [5, 5.41) is 0. The lowest BCUT2D eigenvalue weighted by Crippen LogP contribution is -1.99. The number of rotatable bonds is 2. The number of aromatic nitrogens is 2. The maximum atomic E-state index is 5.16. The Balaban J connectivity index is 2.52. The first-order valence-electron chi connectivity index (χ1n) is 4.51. The molecule has 1 heterocycles. The molecule has 0 saturated heterocycles. The molecule has 1 aliphatic carbocycles. The molecule has 70 valence electrons. The minimum atomic E-state index is 0.685. The van der Waals surface area contributed by atoms with Crippen molar-refractivity contribution in [2.24, 2.45) is 0 Å². The van der Waals surface area contributed by atoms with Crippen LogP contribution >= 0.6 is 28.1 Å². The van der Waals surface area contributed by atoms with E-state index in [1.807, 2.05) is 0 Å². The van der Waals surface area contributed by atoms with Gasteiger partial charge in [0, 0.05) is 18.0 Å². The zero-order valence-electron chi connectivity index (χ0n) is 7.43. The molecule has 0 aliphatic heterocycles. The van der Waals surface area contributed by atoms with Gasteiger partial charge in [0.25, 0.3) is 0 Å². The first-order valence-corrected chi connectivity index (χ1v) is 5.71. The van der Waals surface area contributed by atoms with Gasteiger partial charge in [0.15, 0.2) is 0 Å². The van der Waals surface area contributed by atoms with Crippen LogP contribution in [0.2, 0.25) is 0 Å². The van der Waals surface area contributed by atoms with Crippen molar-refractivity contribution in [1.29, 1.82) is 0 Å². The van der Waals surface area contributed by atoms with Gasteiger partial charge in [0.05, 0.1) is 4.47 Å². The van der Waals surface area contributed by atoms with E-state index < -0.39 is 0 Å². The van der Waals surface area contributed by atoms with Crippen molar-refractivity contribution in [3.8, 4) is 0 Å². The van der Waals surface area contributed by atoms with Gasteiger partial charge >= 0.3 is 0 Å². The number of aryl methyl sites for hydroxylation is 1. The summed E-state index contributed by atoms with van der Waals surface area (Å²) in [4.78, 5) is 7.61. The van der Waals surface area contributed by atoms with Gasteiger partial charge in [-0.2, -0.15) is 0 Å². The van der Waals surface area contributed by atoms with E-state index >= 15 is 0 Å². The lowest BCUT2D eigenvalue weighted by atomic mass is 10.3. The first kappa shape index (κ1) is 9.34. The Hall–Kier alpha value is -0.220. The van der Waals surface area contributed by atoms with Crippen LogP contribution in [-0.4, -0.2) is 9.97 Å². The van der Waals surface area contributed by atoms with Crippen LogP contribution in [0.5, 0.6) is 0 Å². The van der Waals surface area contributed by atoms with Crippen molar-refractivity contribution < 1.29 is 0 Å². The molecule has 2 nitrogen and oxygen atoms in total. The Bertz CT molecular complexity index is 382. The number of H-pyrrole nitrogens is 1. The van der Waals surface area contributed by atoms with Gasteiger partial charge in [0.2, 0.25) is 0 Å². The highest BCUT2D eigenvalue weighted by molar-refractivity contribution is 9.10. The molecule has 1 saturated carbocycles. The topological polar surface area (TPSA) is 28.7 Å². The Morgan fingerprint density at radius 3 is 2.85 bits per heavy atom. The zero-order valence-corrected chi connectivity index (χ0v) is 9.83. The van der Waals surface area contributed by atoms with Crippen LogP contribution in [-0.2, 0) is 6.42 Å². The second-order valence-electron chi connectivity index (χ2n) is 3.34. The van der Waals surface area contributed by atoms with E-state index in [4.69, 9.17) is 12.2 Å². The molecular formula is C9H11BrN2S. The summed E-state index contributed by atoms with van der Waals surface area (Å²) in [6.07, 6.45) is 3.46. The Labute approximate surface area is 90.9 Å². The van der Waals surface area contributed by atoms with E-state index in [0.717, 1.165) is 16.7 Å². The second-order valence-corrected chi connectivity index (χ2v) is 4.52. The van der Waals surface area contributed by atoms with E-state index in [1.165, 1.54) is 18.5 Å². The van der Waals surface area contributed by atoms with E-state index in [-0.39, 0.29) is 0 Å². The smallest absolute Gasteiger partial charge is 0.144 e. The van der Waals surface area contributed by atoms with Gasteiger partial charge in [-0.1, -0.05) is 19.1 Å². The maximum Gasteiger partial charge on any atom is 0.144 e. The summed E-state index contributed by atoms with van der Waals surface area (Å²) in [7, 11) is 0. The van der Waals surface area contributed by atoms with Crippen molar-refractivity contribution in [2.45, 2.75) is 32.1 Å². The zero-order chi connectivity index (χ0) is 9.42. The Kier molecular flexibility index (Phi) is 2.51. The van der Waals surface area contributed by atoms with E-state index in [2.05, 4.69) is 32.8 Å². The lowest BCUT2D eigenvalue weighted by Gasteiger charge is -2.05. The normalized spacial score (nSPS) is 16.2. The van der Waals surface area contributed by atoms with Crippen molar-refractivity contribution in [3.63, 3.8) is 0 Å². The second kappa shape index (κ2) is 3.50. The summed E-state index contributed by atoms with van der Waals surface area (Å²) >= 11 is 8.65. The predicted octanol–water partition coefficient (Wildman–Crippen LogP) is 3.34. The van der Waals surface area contributed by atoms with Crippen molar-refractivity contribution in [2.75, 3.05) is 0 Å². The highest BCUT2D eigenvalue weighted by Gasteiger charge is 2.27. The molecule has 0 radical (unpaired) electrons. The molecule has 1 fully saturated rings. The number of aromatic amines is 1. The number of nitrogens with zero attached hydrogens (tertiary/aromatic N) is 1. The van der Waals surface area contributed by atoms with Gasteiger partial charge in [-0.3, -0.25) is 0 Å². The van der Waals surface area contributed by atoms with E-state index in [1.54, 1.807) is 0 Å². The molecular weight excluding hydrogens is 248 g/mol. The standard InChI is InChI=1S/C9H11BrN2S/c1-2-6-11-8(5-3-4-5)7(10)9(13)12-6/h5H,2-4H2,1H3,(H,11,12,13). The van der Waals surface area contributed by atoms with Crippen LogP contribution in [0.25, 0.3) is 0 Å². The fourth-order valence-electron chi connectivity index (χ4n) is 1.35. The molecule has 13 heavy (non-hydrogen) atoms. The predicted molar refractivity (Wildman–Crippen MR) is 58.5 cm³/mol. The average molecular weight is 259 g/mol. The van der Waals surface area contributed by atoms with Crippen molar-refractivity contribution in [1.82, 2.24) is 9.97 Å². The number of hydrogen-bond donors (Lipinski definition) is 1. The molecule has 1 N–H and O–H groups in total. The Morgan fingerprint density at radius 1 is 1.62 bits per heavy atom. The highest BCUT2D eigenvalue weighted by Crippen LogP contribution is 2.42. The Morgan fingerprint density at radius 2 is 2.31 bits per heavy atom. The fraction of sp³-hybridized carbons (Fsp3) is 0.556. The van der Waals surface area contributed by atoms with Crippen molar-refractivity contribution in [3.05, 3.63) is 20.6 Å². The summed E-state index contributed by atoms with van der Waals surface area (Å²) in [5.74, 6) is 1.68. The molecule has 0 amide bonds. The maximum absolute atomic E-state index is 5.16. The minimum absolute atomic E-state index is 0.685. The monoisotopic (exact) mass is 258 g/mol. The third-order valence-electron chi connectivity index (χ3n) is 2.26. The summed E-state index contributed by atoms with van der Waals surface area (Å²) in [6, 6.07) is 0. The number of nitrogens with one attached hydrogen (secondary N) is 1. The van der Waals surface area contributed by atoms with Gasteiger partial charge < -0.3 is 4.98 Å². The van der Waals surface area contributed by atoms with E-state index in [0.29, 0.717) is 10.6 Å². The molecule has 1 aromatic heterocycles. The fourth-order valence-corrected chi connectivity index (χ4v) is 2.08. The van der Waals surface area contributed by atoms with Gasteiger partial charge in [-0.15, -0.1) is 0 Å².